The number of hydrogen-bond acceptors (Lipinski definition) is 1. The van der Waals surface area contributed by atoms with Gasteiger partial charge in [-0.05, 0) is 37.0 Å². The highest BCUT2D eigenvalue weighted by Gasteiger charge is 2.40. The van der Waals surface area contributed by atoms with Gasteiger partial charge in [0.1, 0.15) is 0 Å². The molecule has 18 heavy (non-hydrogen) atoms. The summed E-state index contributed by atoms with van der Waals surface area (Å²) in [5, 5.41) is 10.5. The minimum atomic E-state index is -2.48. The molecule has 0 aromatic carbocycles. The Morgan fingerprint density at radius 2 is 1.72 bits per heavy atom. The Kier molecular flexibility index (Phi) is 4.63. The van der Waals surface area contributed by atoms with Gasteiger partial charge in [-0.15, -0.1) is 0 Å². The quantitative estimate of drug-likeness (QED) is 0.798. The Bertz CT molecular complexity index is 257. The maximum atomic E-state index is 13.1. The summed E-state index contributed by atoms with van der Waals surface area (Å²) in [4.78, 5) is 0. The molecule has 106 valence electrons. The fourth-order valence-electron chi connectivity index (χ4n) is 3.95. The van der Waals surface area contributed by atoms with E-state index in [1.54, 1.807) is 0 Å². The SMILES string of the molecule is CCC1CCCCC1C(O)C1CCC(F)(F)CC1. The molecule has 3 atom stereocenters. The van der Waals surface area contributed by atoms with Crippen molar-refractivity contribution in [2.24, 2.45) is 17.8 Å². The number of halogens is 2. The molecule has 0 saturated heterocycles. The van der Waals surface area contributed by atoms with Gasteiger partial charge >= 0.3 is 0 Å². The Labute approximate surface area is 109 Å². The third-order valence-electron chi connectivity index (χ3n) is 5.18. The standard InChI is InChI=1S/C15H26F2O/c1-2-11-5-3-4-6-13(11)14(18)12-7-9-15(16,17)10-8-12/h11-14,18H,2-10H2,1H3. The number of rotatable bonds is 3. The van der Waals surface area contributed by atoms with E-state index in [9.17, 15) is 13.9 Å². The fraction of sp³-hybridized carbons (Fsp3) is 1.00. The van der Waals surface area contributed by atoms with Crippen LogP contribution in [0, 0.1) is 17.8 Å². The second-order valence-electron chi connectivity index (χ2n) is 6.30. The minimum absolute atomic E-state index is 0.0295. The lowest BCUT2D eigenvalue weighted by Crippen LogP contribution is -2.39. The Hall–Kier alpha value is -0.180. The Morgan fingerprint density at radius 3 is 2.33 bits per heavy atom. The molecule has 0 aromatic rings. The molecule has 0 spiro atoms. The van der Waals surface area contributed by atoms with Gasteiger partial charge in [-0.25, -0.2) is 8.78 Å². The highest BCUT2D eigenvalue weighted by molar-refractivity contribution is 4.88. The fourth-order valence-corrected chi connectivity index (χ4v) is 3.95. The van der Waals surface area contributed by atoms with Gasteiger partial charge in [0.25, 0.3) is 0 Å². The lowest BCUT2D eigenvalue weighted by Gasteiger charge is -2.40. The van der Waals surface area contributed by atoms with Crippen LogP contribution in [0.2, 0.25) is 0 Å². The monoisotopic (exact) mass is 260 g/mol. The molecular formula is C15H26F2O. The summed E-state index contributed by atoms with van der Waals surface area (Å²) < 4.78 is 26.3. The Balaban J connectivity index is 1.92. The first-order valence-electron chi connectivity index (χ1n) is 7.59. The first-order chi connectivity index (χ1) is 8.53. The lowest BCUT2D eigenvalue weighted by molar-refractivity contribution is -0.0786. The van der Waals surface area contributed by atoms with Crippen LogP contribution in [0.4, 0.5) is 8.78 Å². The van der Waals surface area contributed by atoms with Crippen molar-refractivity contribution in [3.05, 3.63) is 0 Å². The molecule has 1 N–H and O–H groups in total. The van der Waals surface area contributed by atoms with Crippen molar-refractivity contribution >= 4 is 0 Å². The van der Waals surface area contributed by atoms with Crippen molar-refractivity contribution in [2.45, 2.75) is 76.7 Å². The lowest BCUT2D eigenvalue weighted by atomic mass is 9.69. The van der Waals surface area contributed by atoms with Crippen LogP contribution in [0.1, 0.15) is 64.7 Å². The molecule has 3 unspecified atom stereocenters. The average Bonchev–Trinajstić information content (AvgIpc) is 2.38. The maximum absolute atomic E-state index is 13.1. The predicted molar refractivity (Wildman–Crippen MR) is 68.7 cm³/mol. The van der Waals surface area contributed by atoms with E-state index in [0.717, 1.165) is 12.8 Å². The maximum Gasteiger partial charge on any atom is 0.248 e. The largest absolute Gasteiger partial charge is 0.393 e. The van der Waals surface area contributed by atoms with E-state index < -0.39 is 5.92 Å². The van der Waals surface area contributed by atoms with Gasteiger partial charge in [0.05, 0.1) is 6.10 Å². The second-order valence-corrected chi connectivity index (χ2v) is 6.30. The summed E-state index contributed by atoms with van der Waals surface area (Å²) in [6.07, 6.45) is 6.48. The van der Waals surface area contributed by atoms with E-state index in [0.29, 0.717) is 24.7 Å². The van der Waals surface area contributed by atoms with Gasteiger partial charge in [-0.1, -0.05) is 32.6 Å². The third kappa shape index (κ3) is 3.23. The van der Waals surface area contributed by atoms with Crippen LogP contribution in [-0.2, 0) is 0 Å². The number of alkyl halides is 2. The Morgan fingerprint density at radius 1 is 1.11 bits per heavy atom. The zero-order valence-corrected chi connectivity index (χ0v) is 11.4. The number of aliphatic hydroxyl groups is 1. The van der Waals surface area contributed by atoms with Crippen LogP contribution in [-0.4, -0.2) is 17.1 Å². The molecule has 2 rings (SSSR count). The molecule has 0 aliphatic heterocycles. The molecule has 3 heteroatoms. The highest BCUT2D eigenvalue weighted by Crippen LogP contribution is 2.43. The van der Waals surface area contributed by atoms with E-state index in [1.807, 2.05) is 0 Å². The van der Waals surface area contributed by atoms with Gasteiger partial charge in [-0.3, -0.25) is 0 Å². The topological polar surface area (TPSA) is 20.2 Å². The summed E-state index contributed by atoms with van der Waals surface area (Å²) in [6.45, 7) is 2.19. The third-order valence-corrected chi connectivity index (χ3v) is 5.18. The number of hydrogen-bond donors (Lipinski definition) is 1. The van der Waals surface area contributed by atoms with E-state index in [4.69, 9.17) is 0 Å². The minimum Gasteiger partial charge on any atom is -0.393 e. The van der Waals surface area contributed by atoms with Crippen molar-refractivity contribution in [3.63, 3.8) is 0 Å². The molecule has 0 aromatic heterocycles. The van der Waals surface area contributed by atoms with Crippen molar-refractivity contribution in [1.29, 1.82) is 0 Å². The van der Waals surface area contributed by atoms with Gasteiger partial charge in [0.15, 0.2) is 0 Å². The van der Waals surface area contributed by atoms with Crippen molar-refractivity contribution in [2.75, 3.05) is 0 Å². The van der Waals surface area contributed by atoms with Gasteiger partial charge in [-0.2, -0.15) is 0 Å². The summed E-state index contributed by atoms with van der Waals surface area (Å²) in [5.41, 5.74) is 0. The summed E-state index contributed by atoms with van der Waals surface area (Å²) >= 11 is 0. The molecule has 0 amide bonds. The molecule has 0 bridgehead atoms. The summed E-state index contributed by atoms with van der Waals surface area (Å²) in [7, 11) is 0. The van der Waals surface area contributed by atoms with E-state index in [1.165, 1.54) is 19.3 Å². The average molecular weight is 260 g/mol. The van der Waals surface area contributed by atoms with Crippen molar-refractivity contribution < 1.29 is 13.9 Å². The van der Waals surface area contributed by atoms with E-state index in [2.05, 4.69) is 6.92 Å². The van der Waals surface area contributed by atoms with Crippen molar-refractivity contribution in [3.8, 4) is 0 Å². The van der Waals surface area contributed by atoms with E-state index >= 15 is 0 Å². The first-order valence-corrected chi connectivity index (χ1v) is 7.59. The highest BCUT2D eigenvalue weighted by atomic mass is 19.3. The van der Waals surface area contributed by atoms with Crippen LogP contribution >= 0.6 is 0 Å². The molecule has 0 radical (unpaired) electrons. The molecule has 1 nitrogen and oxygen atoms in total. The smallest absolute Gasteiger partial charge is 0.248 e. The van der Waals surface area contributed by atoms with Crippen LogP contribution in [0.3, 0.4) is 0 Å². The summed E-state index contributed by atoms with van der Waals surface area (Å²) in [6, 6.07) is 0. The predicted octanol–water partition coefficient (Wildman–Crippen LogP) is 4.39. The van der Waals surface area contributed by atoms with Gasteiger partial charge in [0.2, 0.25) is 5.92 Å². The second kappa shape index (κ2) is 5.85. The molecule has 2 saturated carbocycles. The van der Waals surface area contributed by atoms with Gasteiger partial charge < -0.3 is 5.11 Å². The molecule has 2 aliphatic carbocycles. The normalized spacial score (nSPS) is 35.3. The van der Waals surface area contributed by atoms with Gasteiger partial charge in [0, 0.05) is 12.8 Å². The molecular weight excluding hydrogens is 234 g/mol. The van der Waals surface area contributed by atoms with Crippen LogP contribution in [0.15, 0.2) is 0 Å². The zero-order valence-electron chi connectivity index (χ0n) is 11.4. The van der Waals surface area contributed by atoms with Crippen LogP contribution in [0.5, 0.6) is 0 Å². The van der Waals surface area contributed by atoms with Crippen molar-refractivity contribution in [1.82, 2.24) is 0 Å². The molecule has 0 heterocycles. The summed E-state index contributed by atoms with van der Waals surface area (Å²) in [5.74, 6) is -1.40. The first kappa shape index (κ1) is 14.2. The molecule has 2 aliphatic rings. The molecule has 2 fully saturated rings. The van der Waals surface area contributed by atoms with Crippen LogP contribution in [0.25, 0.3) is 0 Å². The van der Waals surface area contributed by atoms with E-state index in [-0.39, 0.29) is 24.9 Å². The zero-order chi connectivity index (χ0) is 13.2. The van der Waals surface area contributed by atoms with Crippen LogP contribution < -0.4 is 0 Å². The number of aliphatic hydroxyl groups excluding tert-OH is 1.